The van der Waals surface area contributed by atoms with Gasteiger partial charge in [0, 0.05) is 5.41 Å². The molecule has 0 amide bonds. The molecule has 0 N–H and O–H groups in total. The molecule has 0 spiro atoms. The van der Waals surface area contributed by atoms with E-state index in [4.69, 9.17) is 0 Å². The first-order valence-electron chi connectivity index (χ1n) is 24.6. The summed E-state index contributed by atoms with van der Waals surface area (Å²) in [5, 5.41) is 15.8. The first-order chi connectivity index (χ1) is 34.0. The zero-order valence-electron chi connectivity index (χ0n) is 39.0. The Labute approximate surface area is 404 Å². The number of rotatable bonds is 10. The van der Waals surface area contributed by atoms with Gasteiger partial charge in [-0.2, -0.15) is 0 Å². The molecule has 69 heavy (non-hydrogen) atoms. The van der Waals surface area contributed by atoms with E-state index in [0.29, 0.717) is 0 Å². The van der Waals surface area contributed by atoms with Crippen LogP contribution in [0.1, 0.15) is 82.3 Å². The van der Waals surface area contributed by atoms with Crippen molar-refractivity contribution < 1.29 is 0 Å². The lowest BCUT2D eigenvalue weighted by molar-refractivity contribution is 0.490. The fraction of sp³-hybridized carbons (Fsp3) is 0.0725. The minimum atomic E-state index is -0.0241. The van der Waals surface area contributed by atoms with Crippen LogP contribution in [0.5, 0.6) is 0 Å². The van der Waals surface area contributed by atoms with E-state index in [0.717, 1.165) is 12.8 Å². The molecule has 0 aromatic heterocycles. The molecule has 0 nitrogen and oxygen atoms in total. The molecule has 0 bridgehead atoms. The first kappa shape index (κ1) is 40.9. The molecule has 0 aliphatic heterocycles. The lowest BCUT2D eigenvalue weighted by Gasteiger charge is -2.30. The maximum Gasteiger partial charge on any atom is 0.0210 e. The summed E-state index contributed by atoms with van der Waals surface area (Å²) in [5.74, 6) is 0. The Kier molecular flexibility index (Phi) is 9.77. The third-order valence-electron chi connectivity index (χ3n) is 15.5. The fourth-order valence-electron chi connectivity index (χ4n) is 11.7. The van der Waals surface area contributed by atoms with Crippen molar-refractivity contribution in [1.82, 2.24) is 0 Å². The van der Waals surface area contributed by atoms with Crippen LogP contribution in [-0.2, 0) is 5.41 Å². The molecule has 0 saturated heterocycles. The first-order valence-corrected chi connectivity index (χ1v) is 24.6. The number of hydrogen-bond donors (Lipinski definition) is 0. The van der Waals surface area contributed by atoms with Crippen molar-refractivity contribution in [2.45, 2.75) is 32.1 Å². The van der Waals surface area contributed by atoms with E-state index in [1.807, 2.05) is 0 Å². The Morgan fingerprint density at radius 2 is 0.594 bits per heavy atom. The Hall–Kier alpha value is -8.32. The molecular weight excluding hydrogens is 829 g/mol. The molecule has 0 radical (unpaired) electrons. The standard InChI is InChI=1S/C69H50/c1-3-69(4-2)63-43-49(21-19-45-11-15-47(16-12-45)23-27-51-29-31-57-35-33-53-7-5-9-55-37-41-59(51)67(57)65(53)55)25-39-61(63)62-40-26-50(44-64(62)69)22-20-46-13-17-48(18-14-46)24-28-52-30-32-58-36-34-54-8-6-10-56-38-42-60(52)68(58)66(54)56/h5-44H,3-4H2,1-2H3/b21-19+,22-20+,27-23+,28-24+. The van der Waals surface area contributed by atoms with E-state index < -0.39 is 0 Å². The number of fused-ring (bicyclic) bond motifs is 3. The van der Waals surface area contributed by atoms with E-state index >= 15 is 0 Å². The summed E-state index contributed by atoms with van der Waals surface area (Å²) in [6.45, 7) is 4.71. The molecule has 0 unspecified atom stereocenters. The topological polar surface area (TPSA) is 0 Å². The third kappa shape index (κ3) is 6.90. The molecule has 0 fully saturated rings. The number of hydrogen-bond acceptors (Lipinski definition) is 0. The summed E-state index contributed by atoms with van der Waals surface area (Å²) < 4.78 is 0. The average molecular weight is 879 g/mol. The highest BCUT2D eigenvalue weighted by Gasteiger charge is 2.40. The molecule has 12 aromatic rings. The van der Waals surface area contributed by atoms with E-state index in [9.17, 15) is 0 Å². The van der Waals surface area contributed by atoms with Crippen LogP contribution < -0.4 is 0 Å². The molecule has 13 rings (SSSR count). The van der Waals surface area contributed by atoms with Crippen molar-refractivity contribution in [1.29, 1.82) is 0 Å². The van der Waals surface area contributed by atoms with Crippen molar-refractivity contribution in [3.05, 3.63) is 250 Å². The van der Waals surface area contributed by atoms with Crippen LogP contribution in [0.2, 0.25) is 0 Å². The smallest absolute Gasteiger partial charge is 0.0210 e. The summed E-state index contributed by atoms with van der Waals surface area (Å²) in [6, 6.07) is 72.2. The van der Waals surface area contributed by atoms with Gasteiger partial charge in [0.2, 0.25) is 0 Å². The molecule has 0 saturated carbocycles. The van der Waals surface area contributed by atoms with E-state index in [2.05, 4.69) is 257 Å². The molecular formula is C69H50. The Balaban J connectivity index is 0.704. The predicted molar refractivity (Wildman–Crippen MR) is 302 cm³/mol. The molecule has 0 heteroatoms. The van der Waals surface area contributed by atoms with Gasteiger partial charge in [0.1, 0.15) is 0 Å². The van der Waals surface area contributed by atoms with Gasteiger partial charge in [-0.05, 0) is 144 Å². The summed E-state index contributed by atoms with van der Waals surface area (Å²) >= 11 is 0. The van der Waals surface area contributed by atoms with Gasteiger partial charge in [-0.3, -0.25) is 0 Å². The summed E-state index contributed by atoms with van der Waals surface area (Å²) in [7, 11) is 0. The summed E-state index contributed by atoms with van der Waals surface area (Å²) in [6.07, 6.45) is 20.1. The maximum atomic E-state index is 2.45. The van der Waals surface area contributed by atoms with E-state index in [1.54, 1.807) is 0 Å². The zero-order valence-corrected chi connectivity index (χ0v) is 39.0. The second-order valence-corrected chi connectivity index (χ2v) is 19.1. The van der Waals surface area contributed by atoms with Crippen LogP contribution >= 0.6 is 0 Å². The normalized spacial score (nSPS) is 13.7. The van der Waals surface area contributed by atoms with Gasteiger partial charge in [0.25, 0.3) is 0 Å². The van der Waals surface area contributed by atoms with Gasteiger partial charge in [-0.1, -0.05) is 257 Å². The molecule has 1 aliphatic rings. The second-order valence-electron chi connectivity index (χ2n) is 19.1. The lowest BCUT2D eigenvalue weighted by Crippen LogP contribution is -2.23. The largest absolute Gasteiger partial charge is 0.0642 e. The van der Waals surface area contributed by atoms with Crippen molar-refractivity contribution in [3.8, 4) is 11.1 Å². The SMILES string of the molecule is CCC1(CC)c2cc(/C=C/c3ccc(/C=C/c4ccc5ccc6cccc7ccc4c5c67)cc3)ccc2-c2ccc(/C=C/c3ccc(/C=C/c4ccc5ccc6cccc7ccc4c5c67)cc3)cc21. The summed E-state index contributed by atoms with van der Waals surface area (Å²) in [5.41, 5.74) is 15.3. The minimum absolute atomic E-state index is 0.0241. The van der Waals surface area contributed by atoms with Gasteiger partial charge in [-0.25, -0.2) is 0 Å². The van der Waals surface area contributed by atoms with Crippen molar-refractivity contribution in [2.75, 3.05) is 0 Å². The van der Waals surface area contributed by atoms with Gasteiger partial charge in [0.05, 0.1) is 0 Å². The van der Waals surface area contributed by atoms with Crippen LogP contribution in [-0.4, -0.2) is 0 Å². The third-order valence-corrected chi connectivity index (χ3v) is 15.5. The van der Waals surface area contributed by atoms with Gasteiger partial charge in [0.15, 0.2) is 0 Å². The average Bonchev–Trinajstić information content (AvgIpc) is 3.68. The van der Waals surface area contributed by atoms with Crippen molar-refractivity contribution in [3.63, 3.8) is 0 Å². The Bertz CT molecular complexity index is 3760. The Morgan fingerprint density at radius 1 is 0.290 bits per heavy atom. The zero-order chi connectivity index (χ0) is 46.1. The van der Waals surface area contributed by atoms with Crippen molar-refractivity contribution >= 4 is 113 Å². The molecule has 0 atom stereocenters. The highest BCUT2D eigenvalue weighted by molar-refractivity contribution is 6.25. The molecule has 0 heterocycles. The van der Waals surface area contributed by atoms with Gasteiger partial charge < -0.3 is 0 Å². The van der Waals surface area contributed by atoms with E-state index in [-0.39, 0.29) is 5.41 Å². The van der Waals surface area contributed by atoms with Gasteiger partial charge in [-0.15, -0.1) is 0 Å². The minimum Gasteiger partial charge on any atom is -0.0642 e. The second kappa shape index (κ2) is 16.5. The van der Waals surface area contributed by atoms with Crippen molar-refractivity contribution in [2.24, 2.45) is 0 Å². The fourth-order valence-corrected chi connectivity index (χ4v) is 11.7. The van der Waals surface area contributed by atoms with Crippen LogP contribution in [0.25, 0.3) is 124 Å². The predicted octanol–water partition coefficient (Wildman–Crippen LogP) is 19.2. The highest BCUT2D eigenvalue weighted by Crippen LogP contribution is 2.53. The highest BCUT2D eigenvalue weighted by atomic mass is 14.4. The number of benzene rings is 12. The maximum absolute atomic E-state index is 2.45. The monoisotopic (exact) mass is 878 g/mol. The summed E-state index contributed by atoms with van der Waals surface area (Å²) in [4.78, 5) is 0. The van der Waals surface area contributed by atoms with Crippen LogP contribution in [0.15, 0.2) is 194 Å². The quantitative estimate of drug-likeness (QED) is 0.0948. The van der Waals surface area contributed by atoms with E-state index in [1.165, 1.54) is 131 Å². The molecule has 326 valence electrons. The van der Waals surface area contributed by atoms with Crippen LogP contribution in [0.3, 0.4) is 0 Å². The van der Waals surface area contributed by atoms with Crippen LogP contribution in [0, 0.1) is 0 Å². The van der Waals surface area contributed by atoms with Gasteiger partial charge >= 0.3 is 0 Å². The molecule has 12 aromatic carbocycles. The molecule has 1 aliphatic carbocycles. The Morgan fingerprint density at radius 3 is 0.971 bits per heavy atom. The lowest BCUT2D eigenvalue weighted by atomic mass is 9.73. The van der Waals surface area contributed by atoms with Crippen LogP contribution in [0.4, 0.5) is 0 Å².